The van der Waals surface area contributed by atoms with Gasteiger partial charge in [0.15, 0.2) is 0 Å². The van der Waals surface area contributed by atoms with E-state index in [4.69, 9.17) is 0 Å². The van der Waals surface area contributed by atoms with Crippen molar-refractivity contribution in [3.8, 4) is 11.4 Å². The molecule has 10 heteroatoms. The summed E-state index contributed by atoms with van der Waals surface area (Å²) >= 11 is 0. The monoisotopic (exact) mass is 1090 g/mol. The van der Waals surface area contributed by atoms with E-state index in [0.29, 0.717) is 11.8 Å². The van der Waals surface area contributed by atoms with Crippen LogP contribution >= 0.6 is 0 Å². The minimum absolute atomic E-state index is 0. The van der Waals surface area contributed by atoms with Crippen LogP contribution in [0, 0.1) is 12.1 Å². The molecule has 0 spiro atoms. The van der Waals surface area contributed by atoms with Gasteiger partial charge in [0, 0.05) is 24.8 Å². The van der Waals surface area contributed by atoms with Crippen molar-refractivity contribution in [1.29, 1.82) is 0 Å². The third kappa shape index (κ3) is 10.1. The van der Waals surface area contributed by atoms with Crippen molar-refractivity contribution in [2.45, 2.75) is 39.5 Å². The third-order valence-corrected chi connectivity index (χ3v) is 8.71. The van der Waals surface area contributed by atoms with E-state index in [2.05, 4.69) is 106 Å². The van der Waals surface area contributed by atoms with Crippen LogP contribution in [0.25, 0.3) is 55.2 Å². The van der Waals surface area contributed by atoms with Gasteiger partial charge in [-0.05, 0) is 67.9 Å². The number of hydrogen-bond acceptors (Lipinski definition) is 4. The standard InChI is InChI=1S/2C14H13N2.2C9H7N2.2Pt/c2*1-9(2)12-8-7-11-10-5-3-4-6-13(10)16-14(11)15-12;2*1-2-5-9(6-3-1)11-8-4-7-10-11;;/h2*3-9H,1-2H3;2*1-5,7-8H;;/q4*-1;2*+2. The van der Waals surface area contributed by atoms with Crippen LogP contribution in [0.3, 0.4) is 0 Å². The smallest absolute Gasteiger partial charge is 0.439 e. The molecule has 8 nitrogen and oxygen atoms in total. The Kier molecular flexibility index (Phi) is 14.9. The van der Waals surface area contributed by atoms with Crippen LogP contribution in [0.4, 0.5) is 0 Å². The Bertz CT molecular complexity index is 2480. The van der Waals surface area contributed by atoms with E-state index in [1.54, 1.807) is 21.8 Å². The van der Waals surface area contributed by atoms with Gasteiger partial charge in [-0.25, -0.2) is 0 Å². The van der Waals surface area contributed by atoms with E-state index in [9.17, 15) is 0 Å². The molecule has 4 aromatic carbocycles. The molecule has 0 aliphatic carbocycles. The van der Waals surface area contributed by atoms with Gasteiger partial charge in [0.2, 0.25) is 0 Å². The average Bonchev–Trinajstić information content (AvgIpc) is 4.05. The molecule has 0 aliphatic heterocycles. The largest absolute Gasteiger partial charge is 2.00 e. The van der Waals surface area contributed by atoms with Gasteiger partial charge < -0.3 is 19.9 Å². The molecule has 0 radical (unpaired) electrons. The number of benzene rings is 4. The van der Waals surface area contributed by atoms with Crippen molar-refractivity contribution >= 4 is 43.9 Å². The summed E-state index contributed by atoms with van der Waals surface area (Å²) in [5, 5.41) is 12.8. The van der Waals surface area contributed by atoms with Gasteiger partial charge >= 0.3 is 42.1 Å². The molecule has 56 heavy (non-hydrogen) atoms. The molecule has 0 aliphatic rings. The summed E-state index contributed by atoms with van der Waals surface area (Å²) in [6.45, 7) is 8.60. The summed E-state index contributed by atoms with van der Waals surface area (Å²) < 4.78 is 3.56. The normalized spacial score (nSPS) is 10.5. The molecule has 6 heterocycles. The second-order valence-electron chi connectivity index (χ2n) is 13.2. The van der Waals surface area contributed by atoms with Crippen molar-refractivity contribution in [2.75, 3.05) is 0 Å². The molecule has 0 N–H and O–H groups in total. The zero-order valence-corrected chi connectivity index (χ0v) is 35.9. The first kappa shape index (κ1) is 41.7. The summed E-state index contributed by atoms with van der Waals surface area (Å²) in [5.74, 6) is 0.897. The first-order valence-corrected chi connectivity index (χ1v) is 18.0. The predicted octanol–water partition coefficient (Wildman–Crippen LogP) is 10.3. The predicted molar refractivity (Wildman–Crippen MR) is 218 cm³/mol. The molecule has 0 saturated heterocycles. The molecule has 0 unspecified atom stereocenters. The van der Waals surface area contributed by atoms with Gasteiger partial charge in [0.1, 0.15) is 0 Å². The van der Waals surface area contributed by atoms with E-state index < -0.39 is 0 Å². The van der Waals surface area contributed by atoms with E-state index in [1.165, 1.54) is 10.8 Å². The maximum Gasteiger partial charge on any atom is 2.00 e. The zero-order valence-electron chi connectivity index (χ0n) is 31.4. The van der Waals surface area contributed by atoms with Crippen LogP contribution in [-0.2, 0) is 42.1 Å². The Morgan fingerprint density at radius 1 is 0.464 bits per heavy atom. The maximum atomic E-state index is 4.60. The van der Waals surface area contributed by atoms with E-state index in [1.807, 2.05) is 109 Å². The number of hydrogen-bond donors (Lipinski definition) is 0. The van der Waals surface area contributed by atoms with Gasteiger partial charge in [0.25, 0.3) is 0 Å². The van der Waals surface area contributed by atoms with Crippen LogP contribution in [0.15, 0.2) is 158 Å². The van der Waals surface area contributed by atoms with E-state index in [0.717, 1.165) is 55.9 Å². The number of pyridine rings is 2. The Labute approximate surface area is 355 Å². The fourth-order valence-corrected chi connectivity index (χ4v) is 5.86. The number of fused-ring (bicyclic) bond motifs is 6. The fraction of sp³-hybridized carbons (Fsp3) is 0.130. The summed E-state index contributed by atoms with van der Waals surface area (Å²) in [5.41, 5.74) is 7.96. The minimum atomic E-state index is 0. The topological polar surface area (TPSA) is 89.6 Å². The van der Waals surface area contributed by atoms with Crippen molar-refractivity contribution < 1.29 is 42.1 Å². The van der Waals surface area contributed by atoms with Crippen LogP contribution in [0.2, 0.25) is 0 Å². The molecule has 0 bridgehead atoms. The summed E-state index contributed by atoms with van der Waals surface area (Å²) in [6.07, 6.45) is 7.29. The first-order valence-electron chi connectivity index (χ1n) is 18.0. The van der Waals surface area contributed by atoms with Crippen LogP contribution in [0.1, 0.15) is 50.9 Å². The second kappa shape index (κ2) is 19.9. The molecule has 0 fully saturated rings. The van der Waals surface area contributed by atoms with Crippen molar-refractivity contribution in [3.63, 3.8) is 0 Å². The van der Waals surface area contributed by atoms with E-state index in [-0.39, 0.29) is 42.1 Å². The number of aromatic nitrogens is 8. The van der Waals surface area contributed by atoms with E-state index >= 15 is 0 Å². The molecule has 6 aromatic heterocycles. The minimum Gasteiger partial charge on any atom is -0.439 e. The summed E-state index contributed by atoms with van der Waals surface area (Å²) in [6, 6.07) is 50.2. The Hall–Kier alpha value is -5.42. The Morgan fingerprint density at radius 2 is 0.875 bits per heavy atom. The number of rotatable bonds is 4. The molecule has 0 saturated carbocycles. The summed E-state index contributed by atoms with van der Waals surface area (Å²) in [7, 11) is 0. The molecule has 0 amide bonds. The maximum absolute atomic E-state index is 4.60. The molecular formula is C46H40N8Pt2. The quantitative estimate of drug-likeness (QED) is 0.163. The SMILES string of the molecule is CC(C)c1ccc2c(n1)[n-]c1ccccc12.CC(C)c1ccc2c(n1)[n-]c1ccccc12.[Pt+2].[Pt+2].[c-]1ccccc1-n1cccn1.[c-]1ccccc1-n1cccn1. The van der Waals surface area contributed by atoms with Gasteiger partial charge in [-0.15, -0.1) is 12.1 Å². The zero-order chi connectivity index (χ0) is 37.3. The van der Waals surface area contributed by atoms with Crippen LogP contribution in [-0.4, -0.2) is 29.5 Å². The average molecular weight is 1100 g/mol. The van der Waals surface area contributed by atoms with Gasteiger partial charge in [-0.1, -0.05) is 123 Å². The Morgan fingerprint density at radius 3 is 1.23 bits per heavy atom. The van der Waals surface area contributed by atoms with Gasteiger partial charge in [0.05, 0.1) is 0 Å². The fourth-order valence-electron chi connectivity index (χ4n) is 5.86. The Balaban J connectivity index is 0.000000143. The van der Waals surface area contributed by atoms with Crippen molar-refractivity contribution in [3.05, 3.63) is 182 Å². The van der Waals surface area contributed by atoms with Crippen LogP contribution < -0.4 is 9.97 Å². The molecule has 10 rings (SSSR count). The third-order valence-electron chi connectivity index (χ3n) is 8.71. The molecular weight excluding hydrogens is 1050 g/mol. The first-order chi connectivity index (χ1) is 26.4. The van der Waals surface area contributed by atoms with Gasteiger partial charge in [-0.3, -0.25) is 9.36 Å². The molecule has 10 aromatic rings. The number of nitrogens with zero attached hydrogens (tertiary/aromatic N) is 8. The molecule has 284 valence electrons. The second-order valence-corrected chi connectivity index (χ2v) is 13.2. The van der Waals surface area contributed by atoms with Crippen molar-refractivity contribution in [1.82, 2.24) is 39.5 Å². The number of para-hydroxylation sites is 4. The molecule has 0 atom stereocenters. The van der Waals surface area contributed by atoms with Crippen molar-refractivity contribution in [2.24, 2.45) is 0 Å². The van der Waals surface area contributed by atoms with Gasteiger partial charge in [-0.2, -0.15) is 58.7 Å². The summed E-state index contributed by atoms with van der Waals surface area (Å²) in [4.78, 5) is 18.3. The van der Waals surface area contributed by atoms with Crippen LogP contribution in [0.5, 0.6) is 0 Å².